The zero-order valence-electron chi connectivity index (χ0n) is 16.8. The van der Waals surface area contributed by atoms with Crippen LogP contribution in [0.1, 0.15) is 18.4 Å². The molecule has 0 aromatic heterocycles. The molecule has 1 saturated heterocycles. The first-order chi connectivity index (χ1) is 13.8. The minimum atomic E-state index is -3.37. The maximum absolute atomic E-state index is 11.9. The van der Waals surface area contributed by atoms with E-state index in [-0.39, 0.29) is 0 Å². The number of hydrogen-bond acceptors (Lipinski definition) is 4. The van der Waals surface area contributed by atoms with Crippen molar-refractivity contribution in [3.05, 3.63) is 59.1 Å². The molecule has 6 nitrogen and oxygen atoms in total. The van der Waals surface area contributed by atoms with Crippen molar-refractivity contribution in [2.45, 2.75) is 19.4 Å². The van der Waals surface area contributed by atoms with Gasteiger partial charge in [-0.3, -0.25) is 4.90 Å². The number of piperidine rings is 1. The Hall–Kier alpha value is -1.64. The van der Waals surface area contributed by atoms with E-state index in [0.717, 1.165) is 44.0 Å². The van der Waals surface area contributed by atoms with Gasteiger partial charge in [0.15, 0.2) is 0 Å². The molecule has 2 aromatic carbocycles. The summed E-state index contributed by atoms with van der Waals surface area (Å²) >= 11 is 5.92. The third-order valence-corrected chi connectivity index (χ3v) is 6.74. The summed E-state index contributed by atoms with van der Waals surface area (Å²) in [4.78, 5) is 2.37. The Morgan fingerprint density at radius 1 is 1.17 bits per heavy atom. The molecule has 1 heterocycles. The van der Waals surface area contributed by atoms with Crippen LogP contribution in [0, 0.1) is 5.92 Å². The number of ether oxygens (including phenoxy) is 1. The van der Waals surface area contributed by atoms with E-state index in [1.54, 1.807) is 12.1 Å². The van der Waals surface area contributed by atoms with Crippen LogP contribution in [0.2, 0.25) is 5.02 Å². The van der Waals surface area contributed by atoms with Crippen LogP contribution in [0.25, 0.3) is 0 Å². The highest BCUT2D eigenvalue weighted by atomic mass is 35.5. The maximum atomic E-state index is 11.9. The van der Waals surface area contributed by atoms with Crippen LogP contribution in [0.5, 0.6) is 11.5 Å². The van der Waals surface area contributed by atoms with Gasteiger partial charge in [-0.1, -0.05) is 23.7 Å². The molecule has 0 amide bonds. The van der Waals surface area contributed by atoms with E-state index in [0.29, 0.717) is 17.5 Å². The molecule has 1 fully saturated rings. The predicted octanol–water partition coefficient (Wildman–Crippen LogP) is 3.74. The zero-order chi connectivity index (χ0) is 20.9. The molecule has 1 aliphatic rings. The highest BCUT2D eigenvalue weighted by Crippen LogP contribution is 2.25. The Morgan fingerprint density at radius 3 is 2.66 bits per heavy atom. The standard InChI is InChI=1S/C21H28ClN3O3S/c1-24(2)29(26,27)23-14-18-6-4-12-25(16-18)15-17-5-3-7-21(13-17)28-20-10-8-19(22)9-11-20/h3,5,7-11,13,18,23H,4,6,12,14-16H2,1-2H3/t18-/m1/s1. The molecule has 1 aliphatic heterocycles. The average molecular weight is 438 g/mol. The van der Waals surface area contributed by atoms with Crippen molar-refractivity contribution >= 4 is 21.8 Å². The average Bonchev–Trinajstić information content (AvgIpc) is 2.69. The number of nitrogens with one attached hydrogen (secondary N) is 1. The van der Waals surface area contributed by atoms with E-state index in [2.05, 4.69) is 15.7 Å². The van der Waals surface area contributed by atoms with Crippen LogP contribution in [0.3, 0.4) is 0 Å². The summed E-state index contributed by atoms with van der Waals surface area (Å²) in [6.45, 7) is 3.17. The molecule has 8 heteroatoms. The van der Waals surface area contributed by atoms with Crippen molar-refractivity contribution in [1.29, 1.82) is 0 Å². The van der Waals surface area contributed by atoms with Crippen LogP contribution in [-0.2, 0) is 16.8 Å². The minimum Gasteiger partial charge on any atom is -0.457 e. The topological polar surface area (TPSA) is 61.9 Å². The highest BCUT2D eigenvalue weighted by molar-refractivity contribution is 7.87. The van der Waals surface area contributed by atoms with Gasteiger partial charge in [-0.05, 0) is 67.3 Å². The molecule has 2 aromatic rings. The van der Waals surface area contributed by atoms with Gasteiger partial charge < -0.3 is 4.74 Å². The van der Waals surface area contributed by atoms with Crippen LogP contribution in [0.15, 0.2) is 48.5 Å². The van der Waals surface area contributed by atoms with E-state index >= 15 is 0 Å². The lowest BCUT2D eigenvalue weighted by molar-refractivity contribution is 0.168. The molecular weight excluding hydrogens is 410 g/mol. The van der Waals surface area contributed by atoms with Crippen molar-refractivity contribution in [2.75, 3.05) is 33.7 Å². The Balaban J connectivity index is 1.56. The molecule has 0 bridgehead atoms. The van der Waals surface area contributed by atoms with Gasteiger partial charge in [0.1, 0.15) is 11.5 Å². The summed E-state index contributed by atoms with van der Waals surface area (Å²) in [7, 11) is -0.299. The highest BCUT2D eigenvalue weighted by Gasteiger charge is 2.22. The number of likely N-dealkylation sites (tertiary alicyclic amines) is 1. The van der Waals surface area contributed by atoms with Crippen molar-refractivity contribution in [2.24, 2.45) is 5.92 Å². The summed E-state index contributed by atoms with van der Waals surface area (Å²) in [6, 6.07) is 15.4. The van der Waals surface area contributed by atoms with Gasteiger partial charge in [-0.15, -0.1) is 0 Å². The SMILES string of the molecule is CN(C)S(=O)(=O)NC[C@H]1CCCN(Cc2cccc(Oc3ccc(Cl)cc3)c2)C1. The van der Waals surface area contributed by atoms with E-state index in [1.165, 1.54) is 24.0 Å². The molecule has 1 N–H and O–H groups in total. The fraction of sp³-hybridized carbons (Fsp3) is 0.429. The normalized spacial score (nSPS) is 18.1. The molecule has 0 spiro atoms. The third-order valence-electron chi connectivity index (χ3n) is 4.99. The molecular formula is C21H28ClN3O3S. The van der Waals surface area contributed by atoms with Crippen molar-refractivity contribution in [1.82, 2.24) is 13.9 Å². The first kappa shape index (κ1) is 22.1. The Kier molecular flexibility index (Phi) is 7.54. The largest absolute Gasteiger partial charge is 0.457 e. The quantitative estimate of drug-likeness (QED) is 0.683. The first-order valence-corrected chi connectivity index (χ1v) is 11.6. The molecule has 158 valence electrons. The van der Waals surface area contributed by atoms with E-state index in [9.17, 15) is 8.42 Å². The summed E-state index contributed by atoms with van der Waals surface area (Å²) < 4.78 is 33.7. The second-order valence-corrected chi connectivity index (χ2v) is 9.99. The lowest BCUT2D eigenvalue weighted by Crippen LogP contribution is -2.43. The van der Waals surface area contributed by atoms with Crippen molar-refractivity contribution in [3.8, 4) is 11.5 Å². The molecule has 0 saturated carbocycles. The maximum Gasteiger partial charge on any atom is 0.278 e. The lowest BCUT2D eigenvalue weighted by Gasteiger charge is -2.33. The number of rotatable bonds is 8. The Morgan fingerprint density at radius 2 is 1.93 bits per heavy atom. The predicted molar refractivity (Wildman–Crippen MR) is 117 cm³/mol. The summed E-state index contributed by atoms with van der Waals surface area (Å²) in [5.41, 5.74) is 1.17. The van der Waals surface area contributed by atoms with Crippen LogP contribution >= 0.6 is 11.6 Å². The smallest absolute Gasteiger partial charge is 0.278 e. The summed E-state index contributed by atoms with van der Waals surface area (Å²) in [5.74, 6) is 1.85. The fourth-order valence-electron chi connectivity index (χ4n) is 3.42. The molecule has 0 aliphatic carbocycles. The van der Waals surface area contributed by atoms with Gasteiger partial charge in [0.05, 0.1) is 0 Å². The summed E-state index contributed by atoms with van der Waals surface area (Å²) in [5, 5.41) is 0.679. The van der Waals surface area contributed by atoms with E-state index < -0.39 is 10.2 Å². The van der Waals surface area contributed by atoms with Gasteiger partial charge in [0.25, 0.3) is 10.2 Å². The second kappa shape index (κ2) is 9.91. The van der Waals surface area contributed by atoms with Crippen LogP contribution < -0.4 is 9.46 Å². The van der Waals surface area contributed by atoms with Gasteiger partial charge in [0.2, 0.25) is 0 Å². The van der Waals surface area contributed by atoms with Crippen molar-refractivity contribution in [3.63, 3.8) is 0 Å². The lowest BCUT2D eigenvalue weighted by atomic mass is 9.98. The molecule has 0 unspecified atom stereocenters. The van der Waals surface area contributed by atoms with Crippen LogP contribution in [-0.4, -0.2) is 51.4 Å². The number of benzene rings is 2. The van der Waals surface area contributed by atoms with Gasteiger partial charge in [-0.2, -0.15) is 12.7 Å². The van der Waals surface area contributed by atoms with E-state index in [4.69, 9.17) is 16.3 Å². The first-order valence-electron chi connectivity index (χ1n) is 9.73. The number of hydrogen-bond donors (Lipinski definition) is 1. The zero-order valence-corrected chi connectivity index (χ0v) is 18.4. The number of halogens is 1. The summed E-state index contributed by atoms with van der Waals surface area (Å²) in [6.07, 6.45) is 2.10. The minimum absolute atomic E-state index is 0.312. The van der Waals surface area contributed by atoms with E-state index in [1.807, 2.05) is 30.3 Å². The molecule has 29 heavy (non-hydrogen) atoms. The third kappa shape index (κ3) is 6.69. The van der Waals surface area contributed by atoms with Gasteiger partial charge >= 0.3 is 0 Å². The Labute approximate surface area is 178 Å². The van der Waals surface area contributed by atoms with Gasteiger partial charge in [-0.25, -0.2) is 4.72 Å². The van der Waals surface area contributed by atoms with Crippen molar-refractivity contribution < 1.29 is 13.2 Å². The molecule has 0 radical (unpaired) electrons. The Bertz CT molecular complexity index is 904. The monoisotopic (exact) mass is 437 g/mol. The number of nitrogens with zero attached hydrogens (tertiary/aromatic N) is 2. The van der Waals surface area contributed by atoms with Gasteiger partial charge in [0, 0.05) is 38.8 Å². The molecule has 1 atom stereocenters. The molecule has 3 rings (SSSR count). The second-order valence-electron chi connectivity index (χ2n) is 7.58. The van der Waals surface area contributed by atoms with Crippen LogP contribution in [0.4, 0.5) is 0 Å². The fourth-order valence-corrected chi connectivity index (χ4v) is 4.25.